The fourth-order valence-electron chi connectivity index (χ4n) is 10.1. The van der Waals surface area contributed by atoms with Crippen LogP contribution >= 0.6 is 0 Å². The van der Waals surface area contributed by atoms with E-state index in [2.05, 4.69) is 182 Å². The van der Waals surface area contributed by atoms with Gasteiger partial charge in [0.25, 0.3) is 0 Å². The molecule has 0 radical (unpaired) electrons. The molecule has 0 bridgehead atoms. The van der Waals surface area contributed by atoms with Gasteiger partial charge in [-0.05, 0) is 109 Å². The van der Waals surface area contributed by atoms with Crippen LogP contribution in [0.15, 0.2) is 227 Å². The van der Waals surface area contributed by atoms with Gasteiger partial charge >= 0.3 is 0 Å². The number of rotatable bonds is 6. The number of benzene rings is 10. The van der Waals surface area contributed by atoms with Crippen molar-refractivity contribution in [2.45, 2.75) is 5.41 Å². The van der Waals surface area contributed by atoms with Gasteiger partial charge in [0.1, 0.15) is 11.0 Å². The summed E-state index contributed by atoms with van der Waals surface area (Å²) >= 11 is 0. The van der Waals surface area contributed by atoms with Crippen molar-refractivity contribution in [3.8, 4) is 56.3 Å². The Hall–Kier alpha value is -8.34. The van der Waals surface area contributed by atoms with Gasteiger partial charge in [-0.15, -0.1) is 0 Å². The molecule has 4 nitrogen and oxygen atoms in total. The molecular formula is C59H36N2O2. The summed E-state index contributed by atoms with van der Waals surface area (Å²) in [6.07, 6.45) is 0. The summed E-state index contributed by atoms with van der Waals surface area (Å²) in [5, 5.41) is 4.35. The van der Waals surface area contributed by atoms with E-state index in [4.69, 9.17) is 18.8 Å². The van der Waals surface area contributed by atoms with E-state index in [1.807, 2.05) is 36.4 Å². The second-order valence-electron chi connectivity index (χ2n) is 16.5. The Labute approximate surface area is 363 Å². The first-order valence-corrected chi connectivity index (χ1v) is 21.4. The summed E-state index contributed by atoms with van der Waals surface area (Å²) in [5.41, 5.74) is 16.3. The molecule has 12 aromatic rings. The van der Waals surface area contributed by atoms with E-state index in [1.54, 1.807) is 0 Å². The molecule has 0 saturated carbocycles. The number of nitrogens with zero attached hydrogens (tertiary/aromatic N) is 2. The minimum atomic E-state index is -0.485. The van der Waals surface area contributed by atoms with Gasteiger partial charge in [0.2, 0.25) is 11.8 Å². The van der Waals surface area contributed by atoms with Crippen molar-refractivity contribution in [3.05, 3.63) is 241 Å². The van der Waals surface area contributed by atoms with Crippen molar-refractivity contribution >= 4 is 43.7 Å². The average molecular weight is 805 g/mol. The summed E-state index contributed by atoms with van der Waals surface area (Å²) in [5.74, 6) is 1.08. The number of aromatic nitrogens is 2. The maximum absolute atomic E-state index is 6.55. The largest absolute Gasteiger partial charge is 0.436 e. The topological polar surface area (TPSA) is 52.1 Å². The zero-order valence-corrected chi connectivity index (χ0v) is 34.0. The van der Waals surface area contributed by atoms with Crippen LogP contribution in [0.25, 0.3) is 100 Å². The minimum Gasteiger partial charge on any atom is -0.436 e. The molecule has 2 aromatic heterocycles. The van der Waals surface area contributed by atoms with Crippen LogP contribution in [-0.4, -0.2) is 9.97 Å². The Morgan fingerprint density at radius 3 is 1.41 bits per heavy atom. The fourth-order valence-corrected chi connectivity index (χ4v) is 10.1. The Morgan fingerprint density at radius 1 is 0.317 bits per heavy atom. The number of hydrogen-bond acceptors (Lipinski definition) is 4. The zero-order chi connectivity index (χ0) is 41.5. The first-order chi connectivity index (χ1) is 31.2. The van der Waals surface area contributed by atoms with Crippen LogP contribution < -0.4 is 0 Å². The van der Waals surface area contributed by atoms with Gasteiger partial charge in [-0.2, -0.15) is 0 Å². The average Bonchev–Trinajstić information content (AvgIpc) is 4.08. The first-order valence-electron chi connectivity index (χ1n) is 21.4. The fraction of sp³-hybridized carbons (Fsp3) is 0.0169. The van der Waals surface area contributed by atoms with Gasteiger partial charge < -0.3 is 8.83 Å². The standard InChI is InChI=1S/C59H36N2O2/c1-3-18-45(19-4-1)59(46-20-5-2-6-21-46)51-25-12-11-24-49(51)50-29-26-41(36-52(50)59)39-16-13-17-40(32-39)42-33-43(57-60-55-47-22-9-7-14-37(47)27-30-53(55)62-57)35-44(34-42)58-61-56-48-23-10-8-15-38(48)28-31-54(56)63-58/h1-36H. The molecular weight excluding hydrogens is 769 g/mol. The smallest absolute Gasteiger partial charge is 0.227 e. The summed E-state index contributed by atoms with van der Waals surface area (Å²) in [7, 11) is 0. The molecule has 0 saturated heterocycles. The lowest BCUT2D eigenvalue weighted by atomic mass is 9.67. The van der Waals surface area contributed by atoms with E-state index in [0.717, 1.165) is 77.1 Å². The third kappa shape index (κ3) is 5.48. The molecule has 0 amide bonds. The SMILES string of the molecule is c1ccc(C2(c3ccccc3)c3ccccc3-c3ccc(-c4cccc(-c5cc(-c6nc7c(ccc8ccccc87)o6)cc(-c6nc7c(ccc8ccccc87)o6)c5)c4)cc32)cc1. The van der Waals surface area contributed by atoms with Gasteiger partial charge in [0, 0.05) is 21.9 Å². The third-order valence-electron chi connectivity index (χ3n) is 13.0. The quantitative estimate of drug-likeness (QED) is 0.168. The maximum atomic E-state index is 6.55. The molecule has 2 heterocycles. The molecule has 0 aliphatic heterocycles. The van der Waals surface area contributed by atoms with Crippen LogP contribution in [0.3, 0.4) is 0 Å². The number of oxazole rings is 2. The van der Waals surface area contributed by atoms with Crippen LogP contribution in [0.4, 0.5) is 0 Å². The van der Waals surface area contributed by atoms with Gasteiger partial charge in [0.05, 0.1) is 5.41 Å². The summed E-state index contributed by atoms with van der Waals surface area (Å²) in [6, 6.07) is 77.9. The van der Waals surface area contributed by atoms with Crippen LogP contribution in [-0.2, 0) is 5.41 Å². The van der Waals surface area contributed by atoms with Crippen molar-refractivity contribution in [1.82, 2.24) is 9.97 Å². The number of fused-ring (bicyclic) bond motifs is 9. The molecule has 0 N–H and O–H groups in total. The predicted octanol–water partition coefficient (Wildman–Crippen LogP) is 15.3. The second-order valence-corrected chi connectivity index (χ2v) is 16.5. The Balaban J connectivity index is 0.989. The van der Waals surface area contributed by atoms with Gasteiger partial charge in [-0.1, -0.05) is 176 Å². The second kappa shape index (κ2) is 13.8. The molecule has 0 spiro atoms. The summed E-state index contributed by atoms with van der Waals surface area (Å²) in [6.45, 7) is 0. The molecule has 10 aromatic carbocycles. The van der Waals surface area contributed by atoms with Crippen molar-refractivity contribution < 1.29 is 8.83 Å². The monoisotopic (exact) mass is 804 g/mol. The molecule has 13 rings (SSSR count). The normalized spacial score (nSPS) is 12.9. The van der Waals surface area contributed by atoms with Crippen molar-refractivity contribution in [2.24, 2.45) is 0 Å². The van der Waals surface area contributed by atoms with Gasteiger partial charge in [-0.25, -0.2) is 9.97 Å². The van der Waals surface area contributed by atoms with Crippen LogP contribution in [0.1, 0.15) is 22.3 Å². The van der Waals surface area contributed by atoms with Crippen molar-refractivity contribution in [2.75, 3.05) is 0 Å². The Kier molecular flexibility index (Phi) is 7.79. The molecule has 1 aliphatic carbocycles. The van der Waals surface area contributed by atoms with E-state index in [0.29, 0.717) is 11.8 Å². The lowest BCUT2D eigenvalue weighted by Gasteiger charge is -2.34. The predicted molar refractivity (Wildman–Crippen MR) is 256 cm³/mol. The molecule has 4 heteroatoms. The van der Waals surface area contributed by atoms with Crippen LogP contribution in [0, 0.1) is 0 Å². The van der Waals surface area contributed by atoms with Gasteiger partial charge in [-0.3, -0.25) is 0 Å². The summed E-state index contributed by atoms with van der Waals surface area (Å²) < 4.78 is 13.1. The van der Waals surface area contributed by atoms with E-state index >= 15 is 0 Å². The van der Waals surface area contributed by atoms with E-state index in [1.165, 1.54) is 33.4 Å². The highest BCUT2D eigenvalue weighted by atomic mass is 16.4. The Bertz CT molecular complexity index is 3580. The zero-order valence-electron chi connectivity index (χ0n) is 34.0. The molecule has 0 fully saturated rings. The van der Waals surface area contributed by atoms with Crippen molar-refractivity contribution in [1.29, 1.82) is 0 Å². The third-order valence-corrected chi connectivity index (χ3v) is 13.0. The van der Waals surface area contributed by atoms with E-state index in [-0.39, 0.29) is 0 Å². The molecule has 294 valence electrons. The van der Waals surface area contributed by atoms with Gasteiger partial charge in [0.15, 0.2) is 11.2 Å². The highest BCUT2D eigenvalue weighted by molar-refractivity contribution is 6.05. The Morgan fingerprint density at radius 2 is 0.794 bits per heavy atom. The maximum Gasteiger partial charge on any atom is 0.227 e. The molecule has 0 atom stereocenters. The molecule has 0 unspecified atom stereocenters. The molecule has 1 aliphatic rings. The van der Waals surface area contributed by atoms with Crippen molar-refractivity contribution in [3.63, 3.8) is 0 Å². The highest BCUT2D eigenvalue weighted by Gasteiger charge is 2.46. The van der Waals surface area contributed by atoms with Crippen LogP contribution in [0.2, 0.25) is 0 Å². The first kappa shape index (κ1) is 35.4. The minimum absolute atomic E-state index is 0.485. The van der Waals surface area contributed by atoms with E-state index in [9.17, 15) is 0 Å². The lowest BCUT2D eigenvalue weighted by Crippen LogP contribution is -2.28. The lowest BCUT2D eigenvalue weighted by molar-refractivity contribution is 0.617. The summed E-state index contributed by atoms with van der Waals surface area (Å²) in [4.78, 5) is 10.3. The molecule has 63 heavy (non-hydrogen) atoms. The van der Waals surface area contributed by atoms with E-state index < -0.39 is 5.41 Å². The number of hydrogen-bond donors (Lipinski definition) is 0. The van der Waals surface area contributed by atoms with Crippen LogP contribution in [0.5, 0.6) is 0 Å². The highest BCUT2D eigenvalue weighted by Crippen LogP contribution is 2.56.